The number of carbonyl (C=O) groups excluding carboxylic acids is 4. The maximum absolute atomic E-state index is 13.7. The van der Waals surface area contributed by atoms with Gasteiger partial charge in [0.25, 0.3) is 0 Å². The zero-order chi connectivity index (χ0) is 53.1. The van der Waals surface area contributed by atoms with Crippen LogP contribution in [0.15, 0.2) is 41.0 Å². The first-order valence-corrected chi connectivity index (χ1v) is 25.9. The number of fused-ring (bicyclic) bond motifs is 4. The first-order valence-electron chi connectivity index (χ1n) is 24.1. The highest BCUT2D eigenvalue weighted by atomic mass is 35.5. The molecule has 6 fully saturated rings. The van der Waals surface area contributed by atoms with E-state index in [0.29, 0.717) is 31.1 Å². The molecule has 0 radical (unpaired) electrons. The fourth-order valence-electron chi connectivity index (χ4n) is 14.8. The number of pyridine rings is 1. The number of allylic oxidation sites excluding steroid dienone is 2. The average Bonchev–Trinajstić information content (AvgIpc) is 3.65. The van der Waals surface area contributed by atoms with E-state index in [1.807, 2.05) is 53.7 Å². The fraction of sp³-hybridized carbons (Fsp3) is 0.735. The number of ketones is 2. The SMILES string of the molecule is CCOC1C(C)CCC2(OCC)C3(C)CC(=O)OC12C1(O)C(C)=C(O)C(=O)[C@H]31.CCOC1C(C)CCC2(OCC)C3(C)CC(=O)OC12C1(O)C(C)=C(OS(=O)(=O)C(F)(F)F)C(=O)C31.Cc1ccc(Cl)cn1. The number of nitrogens with zero attached hydrogens (tertiary/aromatic N) is 1. The Morgan fingerprint density at radius 2 is 1.18 bits per heavy atom. The van der Waals surface area contributed by atoms with E-state index in [1.54, 1.807) is 33.9 Å². The summed E-state index contributed by atoms with van der Waals surface area (Å²) in [6.07, 6.45) is 1.63. The molecule has 22 heteroatoms. The Hall–Kier alpha value is -3.70. The molecule has 4 saturated carbocycles. The monoisotopic (exact) mass is 1050 g/mol. The summed E-state index contributed by atoms with van der Waals surface area (Å²) in [6, 6.07) is 3.70. The van der Waals surface area contributed by atoms with Crippen LogP contribution >= 0.6 is 11.6 Å². The summed E-state index contributed by atoms with van der Waals surface area (Å²) in [4.78, 5) is 56.5. The second kappa shape index (κ2) is 18.0. The van der Waals surface area contributed by atoms with Crippen LogP contribution in [0.4, 0.5) is 13.2 Å². The molecule has 0 amide bonds. The van der Waals surface area contributed by atoms with E-state index in [9.17, 15) is 56.1 Å². The van der Waals surface area contributed by atoms with E-state index >= 15 is 0 Å². The van der Waals surface area contributed by atoms with Gasteiger partial charge in [0, 0.05) is 60.3 Å². The Balaban J connectivity index is 0.000000183. The molecule has 9 rings (SSSR count). The molecule has 2 saturated heterocycles. The molecule has 4 bridgehead atoms. The van der Waals surface area contributed by atoms with Crippen LogP contribution in [0.1, 0.15) is 113 Å². The fourth-order valence-corrected chi connectivity index (χ4v) is 15.4. The van der Waals surface area contributed by atoms with Gasteiger partial charge in [-0.3, -0.25) is 24.2 Å². The first kappa shape index (κ1) is 55.1. The largest absolute Gasteiger partial charge is 0.534 e. The highest BCUT2D eigenvalue weighted by Crippen LogP contribution is 2.78. The number of carbonyl (C=O) groups is 4. The molecule has 1 aromatic rings. The van der Waals surface area contributed by atoms with Crippen molar-refractivity contribution in [1.82, 2.24) is 4.98 Å². The molecule has 17 nitrogen and oxygen atoms in total. The number of ether oxygens (including phenoxy) is 6. The number of rotatable bonds is 10. The summed E-state index contributed by atoms with van der Waals surface area (Å²) in [5, 5.41) is 35.8. The minimum absolute atomic E-state index is 0.0305. The van der Waals surface area contributed by atoms with Crippen LogP contribution in [0.5, 0.6) is 0 Å². The summed E-state index contributed by atoms with van der Waals surface area (Å²) < 4.78 is 104. The van der Waals surface area contributed by atoms with Gasteiger partial charge in [0.05, 0.1) is 29.7 Å². The lowest BCUT2D eigenvalue weighted by molar-refractivity contribution is -0.325. The third-order valence-corrected chi connectivity index (χ3v) is 18.4. The summed E-state index contributed by atoms with van der Waals surface area (Å²) in [7, 11) is -6.21. The zero-order valence-electron chi connectivity index (χ0n) is 41.8. The summed E-state index contributed by atoms with van der Waals surface area (Å²) in [5.74, 6) is -7.40. The third-order valence-electron chi connectivity index (χ3n) is 17.2. The lowest BCUT2D eigenvalue weighted by atomic mass is 9.55. The number of aliphatic hydroxyl groups excluding tert-OH is 1. The molecule has 0 spiro atoms. The molecule has 0 aromatic carbocycles. The maximum atomic E-state index is 13.7. The highest BCUT2D eigenvalue weighted by molar-refractivity contribution is 7.87. The predicted octanol–water partition coefficient (Wildman–Crippen LogP) is 6.48. The Bertz CT molecular complexity index is 2520. The molecule has 3 heterocycles. The van der Waals surface area contributed by atoms with E-state index < -0.39 is 125 Å². The Morgan fingerprint density at radius 1 is 0.746 bits per heavy atom. The lowest BCUT2D eigenvalue weighted by Crippen LogP contribution is -2.78. The molecule has 396 valence electrons. The smallest absolute Gasteiger partial charge is 0.504 e. The van der Waals surface area contributed by atoms with Gasteiger partial charge in [-0.15, -0.1) is 0 Å². The van der Waals surface area contributed by atoms with E-state index in [-0.39, 0.29) is 49.9 Å². The molecular formula is C49H65ClF3NO16S. The predicted molar refractivity (Wildman–Crippen MR) is 244 cm³/mol. The van der Waals surface area contributed by atoms with Crippen molar-refractivity contribution >= 4 is 45.2 Å². The molecule has 3 N–H and O–H groups in total. The van der Waals surface area contributed by atoms with Gasteiger partial charge in [0.2, 0.25) is 22.8 Å². The van der Waals surface area contributed by atoms with Crippen molar-refractivity contribution < 1.29 is 88.7 Å². The number of hydrogen-bond donors (Lipinski definition) is 3. The van der Waals surface area contributed by atoms with Crippen molar-refractivity contribution in [3.05, 3.63) is 51.7 Å². The van der Waals surface area contributed by atoms with Crippen molar-refractivity contribution in [3.63, 3.8) is 0 Å². The van der Waals surface area contributed by atoms with Gasteiger partial charge in [-0.2, -0.15) is 21.6 Å². The van der Waals surface area contributed by atoms with Crippen LogP contribution < -0.4 is 0 Å². The molecule has 14 atom stereocenters. The summed E-state index contributed by atoms with van der Waals surface area (Å²) >= 11 is 5.55. The Kier molecular flexibility index (Phi) is 14.0. The van der Waals surface area contributed by atoms with Crippen LogP contribution in [0.3, 0.4) is 0 Å². The number of Topliss-reactive ketones (excluding diaryl/α,β-unsaturated/α-hetero) is 2. The molecule has 2 aliphatic heterocycles. The second-order valence-electron chi connectivity index (χ2n) is 20.6. The third kappa shape index (κ3) is 6.83. The number of aliphatic hydroxyl groups is 3. The number of hydrogen-bond acceptors (Lipinski definition) is 17. The van der Waals surface area contributed by atoms with Crippen molar-refractivity contribution in [2.75, 3.05) is 26.4 Å². The quantitative estimate of drug-likeness (QED) is 0.129. The molecular weight excluding hydrogens is 983 g/mol. The maximum Gasteiger partial charge on any atom is 0.534 e. The normalized spacial score (nSPS) is 42.0. The number of halogens is 4. The van der Waals surface area contributed by atoms with Gasteiger partial charge in [0.15, 0.2) is 11.5 Å². The van der Waals surface area contributed by atoms with E-state index in [2.05, 4.69) is 9.17 Å². The van der Waals surface area contributed by atoms with Crippen LogP contribution in [-0.2, 0) is 61.9 Å². The van der Waals surface area contributed by atoms with Gasteiger partial charge in [-0.05, 0) is 98.1 Å². The topological polar surface area (TPSA) is 241 Å². The Morgan fingerprint density at radius 3 is 1.56 bits per heavy atom. The minimum atomic E-state index is -6.21. The van der Waals surface area contributed by atoms with Crippen LogP contribution in [0.25, 0.3) is 0 Å². The standard InChI is InChI=1S/C22H29F3O9S.C21H30O7.C6H6ClN/c1-6-31-17-11(3)8-9-19(32-7-2)18(5)10-13(26)33-21(17,19)20(28)12(4)15(14(27)16(18)20)34-35(29,30)22(23,24)25;1-6-26-17-11(3)8-9-19(27-7-2)18(5)10-13(22)28-21(17,19)20(25)12(4)14(23)15(24)16(18)20;1-5-2-3-6(7)4-8-5/h11,16-17,28H,6-10H2,1-5H3;11,16-17,23,25H,6-10H2,1-5H3;2-4H,1H3/t;11?,16-,17?,18?,19?,20?,21?;/m.1./s1. The molecule has 13 unspecified atom stereocenters. The van der Waals surface area contributed by atoms with Crippen molar-refractivity contribution in [2.24, 2.45) is 34.5 Å². The zero-order valence-corrected chi connectivity index (χ0v) is 43.4. The van der Waals surface area contributed by atoms with Crippen molar-refractivity contribution in [3.8, 4) is 0 Å². The van der Waals surface area contributed by atoms with Crippen molar-refractivity contribution in [2.45, 2.75) is 166 Å². The minimum Gasteiger partial charge on any atom is -0.504 e. The van der Waals surface area contributed by atoms with Crippen LogP contribution in [0.2, 0.25) is 5.02 Å². The van der Waals surface area contributed by atoms with Gasteiger partial charge < -0.3 is 47.9 Å². The number of aromatic nitrogens is 1. The first-order chi connectivity index (χ1) is 32.9. The van der Waals surface area contributed by atoms with Gasteiger partial charge in [-0.1, -0.05) is 39.3 Å². The number of esters is 2. The van der Waals surface area contributed by atoms with Crippen LogP contribution in [0, 0.1) is 41.4 Å². The molecule has 6 aliphatic carbocycles. The van der Waals surface area contributed by atoms with E-state index in [0.717, 1.165) is 19.0 Å². The van der Waals surface area contributed by atoms with Gasteiger partial charge in [-0.25, -0.2) is 0 Å². The van der Waals surface area contributed by atoms with Crippen LogP contribution in [-0.4, -0.2) is 130 Å². The number of alkyl halides is 3. The highest BCUT2D eigenvalue weighted by Gasteiger charge is 2.94. The van der Waals surface area contributed by atoms with E-state index in [1.165, 1.54) is 0 Å². The molecule has 1 aromatic heterocycles. The Labute approximate surface area is 416 Å². The summed E-state index contributed by atoms with van der Waals surface area (Å²) in [6.45, 7) is 19.8. The lowest BCUT2D eigenvalue weighted by Gasteiger charge is -2.62. The van der Waals surface area contributed by atoms with E-state index in [4.69, 9.17) is 40.0 Å². The van der Waals surface area contributed by atoms with Gasteiger partial charge in [0.1, 0.15) is 34.6 Å². The molecule has 8 aliphatic rings. The summed E-state index contributed by atoms with van der Waals surface area (Å²) in [5.41, 5.74) is -18.1. The second-order valence-corrected chi connectivity index (χ2v) is 22.5. The number of aryl methyl sites for hydroxylation is 1. The average molecular weight is 1050 g/mol. The van der Waals surface area contributed by atoms with Gasteiger partial charge >= 0.3 is 27.6 Å². The molecule has 71 heavy (non-hydrogen) atoms. The van der Waals surface area contributed by atoms with Crippen molar-refractivity contribution in [1.29, 1.82) is 0 Å².